The van der Waals surface area contributed by atoms with Crippen molar-refractivity contribution in [1.29, 1.82) is 0 Å². The lowest BCUT2D eigenvalue weighted by atomic mass is 9.73. The molecule has 1 aromatic heterocycles. The first-order valence-corrected chi connectivity index (χ1v) is 10.9. The van der Waals surface area contributed by atoms with E-state index in [-0.39, 0.29) is 11.7 Å². The van der Waals surface area contributed by atoms with Crippen LogP contribution in [-0.4, -0.2) is 31.7 Å². The number of hydrogen-bond acceptors (Lipinski definition) is 3. The van der Waals surface area contributed by atoms with E-state index in [2.05, 4.69) is 34.7 Å². The van der Waals surface area contributed by atoms with Gasteiger partial charge in [0.25, 0.3) is 0 Å². The zero-order valence-corrected chi connectivity index (χ0v) is 15.3. The molecular weight excluding hydrogens is 344 g/mol. The van der Waals surface area contributed by atoms with Crippen molar-refractivity contribution in [2.75, 3.05) is 12.3 Å². The van der Waals surface area contributed by atoms with Gasteiger partial charge in [-0.3, -0.25) is 0 Å². The summed E-state index contributed by atoms with van der Waals surface area (Å²) in [6, 6.07) is 15.7. The molecule has 0 saturated carbocycles. The smallest absolute Gasteiger partial charge is 0.178 e. The first kappa shape index (κ1) is 16.1. The predicted molar refractivity (Wildman–Crippen MR) is 103 cm³/mol. The molecule has 0 spiro atoms. The molecule has 1 unspecified atom stereocenters. The third kappa shape index (κ3) is 2.58. The summed E-state index contributed by atoms with van der Waals surface area (Å²) in [5, 5.41) is 4.99. The van der Waals surface area contributed by atoms with Crippen molar-refractivity contribution < 1.29 is 8.42 Å². The largest absolute Gasteiger partial charge is 0.361 e. The Bertz CT molecular complexity index is 1060. The van der Waals surface area contributed by atoms with E-state index in [1.165, 1.54) is 22.0 Å². The van der Waals surface area contributed by atoms with Crippen molar-refractivity contribution in [1.82, 2.24) is 10.3 Å². The van der Waals surface area contributed by atoms with Crippen LogP contribution in [0.4, 0.5) is 0 Å². The summed E-state index contributed by atoms with van der Waals surface area (Å²) in [7, 11) is -3.25. The fourth-order valence-corrected chi connectivity index (χ4v) is 6.42. The lowest BCUT2D eigenvalue weighted by Gasteiger charge is -2.40. The molecule has 2 aromatic carbocycles. The number of piperidine rings is 1. The van der Waals surface area contributed by atoms with Crippen LogP contribution < -0.4 is 5.32 Å². The molecule has 5 rings (SSSR count). The van der Waals surface area contributed by atoms with Crippen LogP contribution in [0, 0.1) is 5.92 Å². The normalized spacial score (nSPS) is 25.2. The average Bonchev–Trinajstić information content (AvgIpc) is 3.07. The fourth-order valence-electron chi connectivity index (χ4n) is 4.78. The first-order chi connectivity index (χ1) is 12.6. The van der Waals surface area contributed by atoms with Gasteiger partial charge in [-0.15, -0.1) is 0 Å². The van der Waals surface area contributed by atoms with Gasteiger partial charge >= 0.3 is 0 Å². The minimum Gasteiger partial charge on any atom is -0.361 e. The highest BCUT2D eigenvalue weighted by Gasteiger charge is 2.37. The number of rotatable bonds is 3. The highest BCUT2D eigenvalue weighted by molar-refractivity contribution is 7.91. The van der Waals surface area contributed by atoms with E-state index in [1.54, 1.807) is 24.3 Å². The third-order valence-electron chi connectivity index (χ3n) is 5.96. The average molecular weight is 366 g/mol. The van der Waals surface area contributed by atoms with Gasteiger partial charge in [0.15, 0.2) is 9.84 Å². The van der Waals surface area contributed by atoms with Crippen LogP contribution in [0.15, 0.2) is 59.6 Å². The van der Waals surface area contributed by atoms with E-state index in [4.69, 9.17) is 0 Å². The van der Waals surface area contributed by atoms with Gasteiger partial charge < -0.3 is 10.3 Å². The SMILES string of the molecule is O=S(=O)(C[C@H]1CN[C@@H]2Cc3c[nH]c4cccc(c34)C2C1)c1ccccc1. The van der Waals surface area contributed by atoms with Crippen LogP contribution >= 0.6 is 0 Å². The molecule has 26 heavy (non-hydrogen) atoms. The molecule has 2 aliphatic rings. The van der Waals surface area contributed by atoms with Gasteiger partial charge in [0.05, 0.1) is 10.6 Å². The summed E-state index contributed by atoms with van der Waals surface area (Å²) >= 11 is 0. The van der Waals surface area contributed by atoms with E-state index in [0.717, 1.165) is 19.4 Å². The molecule has 2 heterocycles. The number of hydrogen-bond donors (Lipinski definition) is 2. The van der Waals surface area contributed by atoms with Crippen molar-refractivity contribution in [2.24, 2.45) is 5.92 Å². The van der Waals surface area contributed by atoms with Gasteiger partial charge in [-0.1, -0.05) is 30.3 Å². The Kier molecular flexibility index (Phi) is 3.69. The van der Waals surface area contributed by atoms with Crippen LogP contribution in [0.2, 0.25) is 0 Å². The Hall–Kier alpha value is -2.11. The maximum Gasteiger partial charge on any atom is 0.178 e. The first-order valence-electron chi connectivity index (χ1n) is 9.22. The zero-order chi connectivity index (χ0) is 17.7. The quantitative estimate of drug-likeness (QED) is 0.748. The predicted octanol–water partition coefficient (Wildman–Crippen LogP) is 3.26. The number of sulfone groups is 1. The highest BCUT2D eigenvalue weighted by Crippen LogP contribution is 2.42. The molecule has 4 nitrogen and oxygen atoms in total. The molecule has 134 valence electrons. The lowest BCUT2D eigenvalue weighted by molar-refractivity contribution is 0.283. The molecule has 3 aromatic rings. The summed E-state index contributed by atoms with van der Waals surface area (Å²) in [5.74, 6) is 0.729. The van der Waals surface area contributed by atoms with E-state index >= 15 is 0 Å². The minimum atomic E-state index is -3.25. The summed E-state index contributed by atoms with van der Waals surface area (Å²) < 4.78 is 25.6. The van der Waals surface area contributed by atoms with Crippen molar-refractivity contribution in [3.05, 3.63) is 65.9 Å². The molecule has 5 heteroatoms. The topological polar surface area (TPSA) is 62.0 Å². The number of fused-ring (bicyclic) bond motifs is 2. The Morgan fingerprint density at radius 2 is 1.88 bits per heavy atom. The third-order valence-corrected chi connectivity index (χ3v) is 7.86. The maximum atomic E-state index is 12.8. The van der Waals surface area contributed by atoms with Gasteiger partial charge in [0, 0.05) is 29.1 Å². The van der Waals surface area contributed by atoms with E-state index in [9.17, 15) is 8.42 Å². The Labute approximate surface area is 153 Å². The summed E-state index contributed by atoms with van der Waals surface area (Å²) in [4.78, 5) is 3.81. The van der Waals surface area contributed by atoms with Crippen molar-refractivity contribution in [2.45, 2.75) is 29.7 Å². The van der Waals surface area contributed by atoms with Crippen LogP contribution in [0.1, 0.15) is 23.5 Å². The van der Waals surface area contributed by atoms with Crippen molar-refractivity contribution in [3.8, 4) is 0 Å². The molecule has 1 aliphatic carbocycles. The zero-order valence-electron chi connectivity index (χ0n) is 14.5. The number of aromatic nitrogens is 1. The molecule has 1 aliphatic heterocycles. The Balaban J connectivity index is 1.43. The maximum absolute atomic E-state index is 12.8. The number of benzene rings is 2. The Morgan fingerprint density at radius 3 is 2.73 bits per heavy atom. The second kappa shape index (κ2) is 5.96. The highest BCUT2D eigenvalue weighted by atomic mass is 32.2. The van der Waals surface area contributed by atoms with Gasteiger partial charge in [-0.05, 0) is 54.6 Å². The molecule has 0 amide bonds. The monoisotopic (exact) mass is 366 g/mol. The summed E-state index contributed by atoms with van der Waals surface area (Å²) in [6.45, 7) is 0.767. The molecule has 3 atom stereocenters. The number of H-pyrrole nitrogens is 1. The molecule has 1 fully saturated rings. The molecule has 0 bridgehead atoms. The van der Waals surface area contributed by atoms with Gasteiger partial charge in [0.2, 0.25) is 0 Å². The summed E-state index contributed by atoms with van der Waals surface area (Å²) in [6.07, 6.45) is 4.06. The van der Waals surface area contributed by atoms with Gasteiger partial charge in [0.1, 0.15) is 0 Å². The van der Waals surface area contributed by atoms with Crippen LogP contribution in [0.5, 0.6) is 0 Å². The second-order valence-corrected chi connectivity index (χ2v) is 9.64. The van der Waals surface area contributed by atoms with Gasteiger partial charge in [-0.25, -0.2) is 8.42 Å². The molecule has 1 saturated heterocycles. The van der Waals surface area contributed by atoms with E-state index in [0.29, 0.717) is 16.9 Å². The second-order valence-electron chi connectivity index (χ2n) is 7.61. The van der Waals surface area contributed by atoms with E-state index in [1.807, 2.05) is 6.07 Å². The van der Waals surface area contributed by atoms with E-state index < -0.39 is 9.84 Å². The van der Waals surface area contributed by atoms with Crippen LogP contribution in [0.3, 0.4) is 0 Å². The standard InChI is InChI=1S/C21H22N2O2S/c24-26(25,16-5-2-1-3-6-16)13-14-9-18-17-7-4-8-19-21(17)15(12-23-19)10-20(18)22-11-14/h1-8,12,14,18,20,22-23H,9-11,13H2/t14-,18?,20-/m1/s1. The summed E-state index contributed by atoms with van der Waals surface area (Å²) in [5.41, 5.74) is 3.93. The fraction of sp³-hybridized carbons (Fsp3) is 0.333. The molecular formula is C21H22N2O2S. The number of nitrogens with one attached hydrogen (secondary N) is 2. The number of aromatic amines is 1. The van der Waals surface area contributed by atoms with Gasteiger partial charge in [-0.2, -0.15) is 0 Å². The lowest BCUT2D eigenvalue weighted by Crippen LogP contribution is -2.48. The van der Waals surface area contributed by atoms with Crippen molar-refractivity contribution >= 4 is 20.7 Å². The molecule has 0 radical (unpaired) electrons. The van der Waals surface area contributed by atoms with Crippen LogP contribution in [-0.2, 0) is 16.3 Å². The Morgan fingerprint density at radius 1 is 1.04 bits per heavy atom. The minimum absolute atomic E-state index is 0.136. The molecule has 2 N–H and O–H groups in total. The van der Waals surface area contributed by atoms with Crippen LogP contribution in [0.25, 0.3) is 10.9 Å². The van der Waals surface area contributed by atoms with Crippen molar-refractivity contribution in [3.63, 3.8) is 0 Å².